The molecule has 0 radical (unpaired) electrons. The van der Waals surface area contributed by atoms with Crippen molar-refractivity contribution in [3.63, 3.8) is 0 Å². The van der Waals surface area contributed by atoms with Gasteiger partial charge in [-0.2, -0.15) is 4.98 Å². The van der Waals surface area contributed by atoms with Crippen LogP contribution in [0.5, 0.6) is 0 Å². The first-order valence-electron chi connectivity index (χ1n) is 11.4. The van der Waals surface area contributed by atoms with Gasteiger partial charge in [-0.3, -0.25) is 19.1 Å². The Morgan fingerprint density at radius 2 is 1.76 bits per heavy atom. The molecule has 1 saturated carbocycles. The number of benzene rings is 1. The maximum Gasteiger partial charge on any atom is 0.317 e. The first kappa shape index (κ1) is 21.3. The molecule has 2 fully saturated rings. The van der Waals surface area contributed by atoms with Crippen molar-refractivity contribution < 1.29 is 9.90 Å². The maximum atomic E-state index is 12.5. The number of nitrogens with zero attached hydrogens (tertiary/aromatic N) is 6. The number of piperazine rings is 1. The van der Waals surface area contributed by atoms with Gasteiger partial charge in [0.2, 0.25) is 5.95 Å². The third kappa shape index (κ3) is 4.65. The Balaban J connectivity index is 1.30. The van der Waals surface area contributed by atoms with Crippen LogP contribution in [-0.4, -0.2) is 68.2 Å². The molecule has 3 heterocycles. The lowest BCUT2D eigenvalue weighted by Crippen LogP contribution is -2.47. The molecule has 0 bridgehead atoms. The van der Waals surface area contributed by atoms with Crippen molar-refractivity contribution in [2.75, 3.05) is 42.9 Å². The number of nitrogens with one attached hydrogen (secondary N) is 1. The number of carboxylic acids is 1. The quantitative estimate of drug-likeness (QED) is 0.584. The zero-order valence-electron chi connectivity index (χ0n) is 18.4. The Morgan fingerprint density at radius 1 is 1.03 bits per heavy atom. The number of aromatic nitrogens is 4. The average molecular weight is 450 g/mol. The SMILES string of the molecule is O=C(O)CN1CCN(c2ccc(Nc3ncc4ncc(=O)n(C5CCCC5)c4n3)cc2)CC1. The summed E-state index contributed by atoms with van der Waals surface area (Å²) in [6.07, 6.45) is 7.23. The summed E-state index contributed by atoms with van der Waals surface area (Å²) < 4.78 is 1.77. The second-order valence-corrected chi connectivity index (χ2v) is 8.64. The molecule has 2 aliphatic rings. The minimum Gasteiger partial charge on any atom is -0.480 e. The van der Waals surface area contributed by atoms with Gasteiger partial charge in [-0.25, -0.2) is 9.97 Å². The van der Waals surface area contributed by atoms with Gasteiger partial charge in [-0.05, 0) is 37.1 Å². The van der Waals surface area contributed by atoms with E-state index < -0.39 is 5.97 Å². The van der Waals surface area contributed by atoms with Gasteiger partial charge in [-0.1, -0.05) is 12.8 Å². The number of hydrogen-bond acceptors (Lipinski definition) is 8. The van der Waals surface area contributed by atoms with E-state index in [1.165, 1.54) is 6.20 Å². The summed E-state index contributed by atoms with van der Waals surface area (Å²) in [6, 6.07) is 8.18. The van der Waals surface area contributed by atoms with Gasteiger partial charge in [0.25, 0.3) is 5.56 Å². The van der Waals surface area contributed by atoms with Crippen LogP contribution in [-0.2, 0) is 4.79 Å². The largest absolute Gasteiger partial charge is 0.480 e. The molecule has 10 nitrogen and oxygen atoms in total. The summed E-state index contributed by atoms with van der Waals surface area (Å²) in [5.74, 6) is -0.359. The minimum absolute atomic E-state index is 0.0898. The highest BCUT2D eigenvalue weighted by Crippen LogP contribution is 2.30. The average Bonchev–Trinajstić information content (AvgIpc) is 3.34. The molecule has 3 aromatic rings. The molecule has 2 N–H and O–H groups in total. The lowest BCUT2D eigenvalue weighted by molar-refractivity contribution is -0.138. The molecule has 0 spiro atoms. The summed E-state index contributed by atoms with van der Waals surface area (Å²) in [6.45, 7) is 3.13. The number of hydrogen-bond donors (Lipinski definition) is 2. The number of anilines is 3. The van der Waals surface area contributed by atoms with E-state index in [0.717, 1.165) is 63.2 Å². The summed E-state index contributed by atoms with van der Waals surface area (Å²) in [4.78, 5) is 40.9. The molecule has 1 aromatic carbocycles. The molecule has 172 valence electrons. The highest BCUT2D eigenvalue weighted by Gasteiger charge is 2.21. The fourth-order valence-corrected chi connectivity index (χ4v) is 4.74. The first-order valence-corrected chi connectivity index (χ1v) is 11.4. The second kappa shape index (κ2) is 9.14. The topological polar surface area (TPSA) is 116 Å². The van der Waals surface area contributed by atoms with Crippen molar-refractivity contribution in [1.82, 2.24) is 24.4 Å². The Bertz CT molecular complexity index is 1200. The molecule has 2 aromatic heterocycles. The summed E-state index contributed by atoms with van der Waals surface area (Å²) in [5, 5.41) is 12.2. The van der Waals surface area contributed by atoms with E-state index in [4.69, 9.17) is 5.11 Å². The molecule has 0 unspecified atom stereocenters. The molecule has 10 heteroatoms. The van der Waals surface area contributed by atoms with E-state index in [-0.39, 0.29) is 18.1 Å². The predicted octanol–water partition coefficient (Wildman–Crippen LogP) is 2.25. The maximum absolute atomic E-state index is 12.5. The zero-order chi connectivity index (χ0) is 22.8. The molecule has 1 aliphatic heterocycles. The van der Waals surface area contributed by atoms with Crippen molar-refractivity contribution >= 4 is 34.5 Å². The van der Waals surface area contributed by atoms with E-state index in [2.05, 4.69) is 25.2 Å². The van der Waals surface area contributed by atoms with E-state index in [9.17, 15) is 9.59 Å². The third-order valence-corrected chi connectivity index (χ3v) is 6.44. The van der Waals surface area contributed by atoms with Gasteiger partial charge in [0, 0.05) is 43.6 Å². The molecule has 0 atom stereocenters. The van der Waals surface area contributed by atoms with Crippen LogP contribution in [0.1, 0.15) is 31.7 Å². The van der Waals surface area contributed by atoms with E-state index in [0.29, 0.717) is 17.1 Å². The Kier molecular flexibility index (Phi) is 5.91. The smallest absolute Gasteiger partial charge is 0.317 e. The van der Waals surface area contributed by atoms with Gasteiger partial charge >= 0.3 is 5.97 Å². The Hall–Kier alpha value is -3.53. The van der Waals surface area contributed by atoms with Crippen molar-refractivity contribution in [3.05, 3.63) is 47.0 Å². The van der Waals surface area contributed by atoms with E-state index >= 15 is 0 Å². The van der Waals surface area contributed by atoms with Crippen LogP contribution >= 0.6 is 0 Å². The second-order valence-electron chi connectivity index (χ2n) is 8.64. The normalized spacial score (nSPS) is 17.5. The number of fused-ring (bicyclic) bond motifs is 1. The third-order valence-electron chi connectivity index (χ3n) is 6.44. The highest BCUT2D eigenvalue weighted by atomic mass is 16.4. The van der Waals surface area contributed by atoms with Crippen molar-refractivity contribution in [2.45, 2.75) is 31.7 Å². The summed E-state index contributed by atoms with van der Waals surface area (Å²) >= 11 is 0. The monoisotopic (exact) mass is 449 g/mol. The molecular weight excluding hydrogens is 422 g/mol. The first-order chi connectivity index (χ1) is 16.1. The van der Waals surface area contributed by atoms with Crippen LogP contribution in [0.25, 0.3) is 11.2 Å². The van der Waals surface area contributed by atoms with Gasteiger partial charge in [-0.15, -0.1) is 0 Å². The van der Waals surface area contributed by atoms with Crippen molar-refractivity contribution in [1.29, 1.82) is 0 Å². The van der Waals surface area contributed by atoms with E-state index in [1.54, 1.807) is 10.8 Å². The molecule has 1 saturated heterocycles. The van der Waals surface area contributed by atoms with Crippen LogP contribution in [0.2, 0.25) is 0 Å². The lowest BCUT2D eigenvalue weighted by Gasteiger charge is -2.35. The van der Waals surface area contributed by atoms with Crippen LogP contribution in [0.15, 0.2) is 41.5 Å². The number of carbonyl (C=O) groups is 1. The predicted molar refractivity (Wildman–Crippen MR) is 125 cm³/mol. The number of rotatable bonds is 6. The molecule has 33 heavy (non-hydrogen) atoms. The van der Waals surface area contributed by atoms with Crippen molar-refractivity contribution in [2.24, 2.45) is 0 Å². The van der Waals surface area contributed by atoms with Gasteiger partial charge in [0.05, 0.1) is 18.9 Å². The minimum atomic E-state index is -0.786. The van der Waals surface area contributed by atoms with Gasteiger partial charge < -0.3 is 15.3 Å². The van der Waals surface area contributed by atoms with Crippen LogP contribution in [0.4, 0.5) is 17.3 Å². The number of aliphatic carboxylic acids is 1. The van der Waals surface area contributed by atoms with Gasteiger partial charge in [0.1, 0.15) is 5.52 Å². The fraction of sp³-hybridized carbons (Fsp3) is 0.435. The van der Waals surface area contributed by atoms with Gasteiger partial charge in [0.15, 0.2) is 5.65 Å². The molecular formula is C23H27N7O3. The van der Waals surface area contributed by atoms with Crippen LogP contribution in [0, 0.1) is 0 Å². The summed E-state index contributed by atoms with van der Waals surface area (Å²) in [7, 11) is 0. The van der Waals surface area contributed by atoms with Crippen LogP contribution < -0.4 is 15.8 Å². The standard InChI is InChI=1S/C23H27N7O3/c31-20-14-24-19-13-25-23(27-22(19)30(20)18-3-1-2-4-18)26-16-5-7-17(8-6-16)29-11-9-28(10-12-29)15-21(32)33/h5-8,13-14,18H,1-4,9-12,15H2,(H,32,33)(H,25,26,27). The number of carboxylic acid groups (broad SMARTS) is 1. The zero-order valence-corrected chi connectivity index (χ0v) is 18.4. The highest BCUT2D eigenvalue weighted by molar-refractivity contribution is 5.71. The van der Waals surface area contributed by atoms with E-state index in [1.807, 2.05) is 29.2 Å². The lowest BCUT2D eigenvalue weighted by atomic mass is 10.2. The Labute approximate surface area is 190 Å². The van der Waals surface area contributed by atoms with Crippen molar-refractivity contribution in [3.8, 4) is 0 Å². The summed E-state index contributed by atoms with van der Waals surface area (Å²) in [5.41, 5.74) is 3.01. The molecule has 0 amide bonds. The van der Waals surface area contributed by atoms with Crippen LogP contribution in [0.3, 0.4) is 0 Å². The molecule has 5 rings (SSSR count). The molecule has 1 aliphatic carbocycles. The Morgan fingerprint density at radius 3 is 2.45 bits per heavy atom. The fourth-order valence-electron chi connectivity index (χ4n) is 4.74.